The number of carbonyl (C=O) groups is 2. The Bertz CT molecular complexity index is 822. The highest BCUT2D eigenvalue weighted by molar-refractivity contribution is 6.00. The van der Waals surface area contributed by atoms with E-state index >= 15 is 0 Å². The van der Waals surface area contributed by atoms with Crippen LogP contribution in [-0.2, 0) is 4.79 Å². The lowest BCUT2D eigenvalue weighted by Gasteiger charge is -2.52. The van der Waals surface area contributed by atoms with Crippen LogP contribution < -0.4 is 10.6 Å². The van der Waals surface area contributed by atoms with E-state index in [-0.39, 0.29) is 29.2 Å². The Kier molecular flexibility index (Phi) is 5.53. The molecule has 3 rings (SSSR count). The van der Waals surface area contributed by atoms with Crippen LogP contribution in [-0.4, -0.2) is 34.0 Å². The number of nitrogens with zero attached hydrogens (tertiary/aromatic N) is 2. The molecule has 0 aromatic carbocycles. The van der Waals surface area contributed by atoms with Crippen molar-refractivity contribution in [1.82, 2.24) is 20.2 Å². The number of rotatable bonds is 7. The predicted molar refractivity (Wildman–Crippen MR) is 105 cm³/mol. The number of fused-ring (bicyclic) bond motifs is 1. The van der Waals surface area contributed by atoms with Gasteiger partial charge in [0.2, 0.25) is 5.91 Å². The van der Waals surface area contributed by atoms with Crippen molar-refractivity contribution in [3.63, 3.8) is 0 Å². The molecular weight excluding hydrogens is 340 g/mol. The topological polar surface area (TPSA) is 75.5 Å². The van der Waals surface area contributed by atoms with Crippen LogP contribution in [0, 0.1) is 17.3 Å². The minimum atomic E-state index is -0.0707. The van der Waals surface area contributed by atoms with Gasteiger partial charge in [0.05, 0.1) is 17.3 Å². The number of pyridine rings is 1. The lowest BCUT2D eigenvalue weighted by Crippen LogP contribution is -2.60. The van der Waals surface area contributed by atoms with Crippen LogP contribution in [0.5, 0.6) is 0 Å². The number of aromatic nitrogens is 2. The number of amides is 2. The lowest BCUT2D eigenvalue weighted by atomic mass is 9.58. The first-order valence-corrected chi connectivity index (χ1v) is 9.89. The summed E-state index contributed by atoms with van der Waals surface area (Å²) in [5, 5.41) is 10.5. The van der Waals surface area contributed by atoms with E-state index in [1.54, 1.807) is 10.7 Å². The minimum absolute atomic E-state index is 0.0534. The molecule has 0 radical (unpaired) electrons. The molecule has 0 saturated heterocycles. The van der Waals surface area contributed by atoms with E-state index in [2.05, 4.69) is 29.6 Å². The van der Waals surface area contributed by atoms with Crippen molar-refractivity contribution in [1.29, 1.82) is 0 Å². The first kappa shape index (κ1) is 19.4. The summed E-state index contributed by atoms with van der Waals surface area (Å²) in [7, 11) is 0. The van der Waals surface area contributed by atoms with Gasteiger partial charge in [-0.1, -0.05) is 27.7 Å². The van der Waals surface area contributed by atoms with Crippen LogP contribution in [0.4, 0.5) is 0 Å². The monoisotopic (exact) mass is 370 g/mol. The van der Waals surface area contributed by atoms with Gasteiger partial charge in [-0.25, -0.2) is 4.52 Å². The smallest absolute Gasteiger partial charge is 0.253 e. The fourth-order valence-electron chi connectivity index (χ4n) is 4.02. The van der Waals surface area contributed by atoms with E-state index in [9.17, 15) is 9.59 Å². The third-order valence-corrected chi connectivity index (χ3v) is 6.34. The average Bonchev–Trinajstić information content (AvgIpc) is 3.13. The first-order chi connectivity index (χ1) is 12.9. The molecule has 0 bridgehead atoms. The normalized spacial score (nSPS) is 21.1. The highest BCUT2D eigenvalue weighted by Crippen LogP contribution is 2.46. The van der Waals surface area contributed by atoms with Crippen LogP contribution in [0.3, 0.4) is 0 Å². The maximum Gasteiger partial charge on any atom is 0.253 e. The quantitative estimate of drug-likeness (QED) is 0.787. The van der Waals surface area contributed by atoms with Crippen LogP contribution in [0.15, 0.2) is 30.6 Å². The summed E-state index contributed by atoms with van der Waals surface area (Å²) >= 11 is 0. The molecule has 6 heteroatoms. The van der Waals surface area contributed by atoms with Crippen molar-refractivity contribution < 1.29 is 9.59 Å². The molecule has 2 atom stereocenters. The fourth-order valence-corrected chi connectivity index (χ4v) is 4.02. The van der Waals surface area contributed by atoms with Gasteiger partial charge in [0.25, 0.3) is 5.91 Å². The van der Waals surface area contributed by atoms with Crippen LogP contribution in [0.2, 0.25) is 0 Å². The SMILES string of the molecule is CCC(CC)C(=O)NCC1CC(NC(=O)c2cccn3nccc23)C1(C)C. The third-order valence-electron chi connectivity index (χ3n) is 6.34. The molecule has 0 spiro atoms. The van der Waals surface area contributed by atoms with Gasteiger partial charge in [0.15, 0.2) is 0 Å². The Labute approximate surface area is 160 Å². The Balaban J connectivity index is 1.58. The Morgan fingerprint density at radius 3 is 2.70 bits per heavy atom. The highest BCUT2D eigenvalue weighted by atomic mass is 16.2. The molecule has 2 unspecified atom stereocenters. The molecule has 0 aliphatic heterocycles. The second-order valence-corrected chi connectivity index (χ2v) is 8.12. The molecule has 2 heterocycles. The predicted octanol–water partition coefficient (Wildman–Crippen LogP) is 3.03. The number of hydrogen-bond acceptors (Lipinski definition) is 3. The van der Waals surface area contributed by atoms with Crippen LogP contribution >= 0.6 is 0 Å². The summed E-state index contributed by atoms with van der Waals surface area (Å²) in [4.78, 5) is 25.0. The van der Waals surface area contributed by atoms with Crippen LogP contribution in [0.1, 0.15) is 57.3 Å². The van der Waals surface area contributed by atoms with Gasteiger partial charge >= 0.3 is 0 Å². The molecule has 2 aromatic heterocycles. The van der Waals surface area contributed by atoms with Crippen molar-refractivity contribution in [3.05, 3.63) is 36.2 Å². The van der Waals surface area contributed by atoms with E-state index in [0.29, 0.717) is 18.0 Å². The van der Waals surface area contributed by atoms with Gasteiger partial charge in [-0.05, 0) is 48.8 Å². The minimum Gasteiger partial charge on any atom is -0.356 e. The molecule has 1 aliphatic rings. The first-order valence-electron chi connectivity index (χ1n) is 9.89. The average molecular weight is 370 g/mol. The van der Waals surface area contributed by atoms with Gasteiger partial charge in [-0.3, -0.25) is 9.59 Å². The molecule has 146 valence electrons. The Hall–Kier alpha value is -2.37. The van der Waals surface area contributed by atoms with Crippen molar-refractivity contribution in [3.8, 4) is 0 Å². The second kappa shape index (κ2) is 7.71. The van der Waals surface area contributed by atoms with Crippen molar-refractivity contribution in [2.24, 2.45) is 17.3 Å². The largest absolute Gasteiger partial charge is 0.356 e. The van der Waals surface area contributed by atoms with Crippen molar-refractivity contribution >= 4 is 17.3 Å². The standard InChI is InChI=1S/C21H30N4O2/c1-5-14(6-2)19(26)22-13-15-12-18(21(15,3)4)24-20(27)16-8-7-11-25-17(16)9-10-23-25/h7-11,14-15,18H,5-6,12-13H2,1-4H3,(H,22,26)(H,24,27). The zero-order valence-electron chi connectivity index (χ0n) is 16.7. The molecule has 1 fully saturated rings. The molecule has 1 aliphatic carbocycles. The van der Waals surface area contributed by atoms with Gasteiger partial charge in [-0.15, -0.1) is 0 Å². The second-order valence-electron chi connectivity index (χ2n) is 8.12. The zero-order chi connectivity index (χ0) is 19.6. The number of carbonyl (C=O) groups excluding carboxylic acids is 2. The van der Waals surface area contributed by atoms with Crippen LogP contribution in [0.25, 0.3) is 5.52 Å². The maximum atomic E-state index is 12.8. The van der Waals surface area contributed by atoms with Crippen molar-refractivity contribution in [2.75, 3.05) is 6.54 Å². The lowest BCUT2D eigenvalue weighted by molar-refractivity contribution is -0.126. The summed E-state index contributed by atoms with van der Waals surface area (Å²) in [6.07, 6.45) is 6.14. The molecule has 27 heavy (non-hydrogen) atoms. The summed E-state index contributed by atoms with van der Waals surface area (Å²) in [5.74, 6) is 0.543. The van der Waals surface area contributed by atoms with Gasteiger partial charge < -0.3 is 10.6 Å². The third kappa shape index (κ3) is 3.70. The van der Waals surface area contributed by atoms with E-state index in [4.69, 9.17) is 0 Å². The summed E-state index contributed by atoms with van der Waals surface area (Å²) in [6.45, 7) is 9.10. The number of hydrogen-bond donors (Lipinski definition) is 2. The fraction of sp³-hybridized carbons (Fsp3) is 0.571. The molecule has 6 nitrogen and oxygen atoms in total. The van der Waals surface area contributed by atoms with E-state index in [1.165, 1.54) is 0 Å². The van der Waals surface area contributed by atoms with E-state index in [1.807, 2.05) is 38.2 Å². The number of nitrogens with one attached hydrogen (secondary N) is 2. The molecular formula is C21H30N4O2. The summed E-state index contributed by atoms with van der Waals surface area (Å²) < 4.78 is 1.71. The van der Waals surface area contributed by atoms with E-state index < -0.39 is 0 Å². The van der Waals surface area contributed by atoms with E-state index in [0.717, 1.165) is 24.8 Å². The molecule has 2 N–H and O–H groups in total. The summed E-state index contributed by atoms with van der Waals surface area (Å²) in [5.41, 5.74) is 1.39. The van der Waals surface area contributed by atoms with Crippen molar-refractivity contribution in [2.45, 2.75) is 53.0 Å². The highest BCUT2D eigenvalue weighted by Gasteiger charge is 2.48. The summed E-state index contributed by atoms with van der Waals surface area (Å²) in [6, 6.07) is 5.60. The zero-order valence-corrected chi connectivity index (χ0v) is 16.7. The Morgan fingerprint density at radius 2 is 2.04 bits per heavy atom. The van der Waals surface area contributed by atoms with Gasteiger partial charge in [0, 0.05) is 24.7 Å². The van der Waals surface area contributed by atoms with Gasteiger partial charge in [-0.2, -0.15) is 5.10 Å². The van der Waals surface area contributed by atoms with Gasteiger partial charge in [0.1, 0.15) is 0 Å². The molecule has 2 amide bonds. The molecule has 1 saturated carbocycles. The Morgan fingerprint density at radius 1 is 1.30 bits per heavy atom. The maximum absolute atomic E-state index is 12.8. The molecule has 2 aromatic rings.